The predicted molar refractivity (Wildman–Crippen MR) is 68.8 cm³/mol. The van der Waals surface area contributed by atoms with Crippen LogP contribution in [0.1, 0.15) is 5.56 Å². The van der Waals surface area contributed by atoms with E-state index >= 15 is 0 Å². The Kier molecular flexibility index (Phi) is 4.56. The van der Waals surface area contributed by atoms with Crippen molar-refractivity contribution in [1.82, 2.24) is 0 Å². The molecule has 1 aromatic rings. The van der Waals surface area contributed by atoms with Gasteiger partial charge in [0, 0.05) is 5.56 Å². The van der Waals surface area contributed by atoms with E-state index in [0.29, 0.717) is 16.3 Å². The first-order chi connectivity index (χ1) is 7.95. The van der Waals surface area contributed by atoms with Crippen LogP contribution in [0.4, 0.5) is 0 Å². The maximum Gasteiger partial charge on any atom is 0.214 e. The standard InChI is InChI=1S/C9H11Cl2N5O/c10-5-2-6(11)7(17-3-12)1-4(5)8(13)16-9(14)15/h1-2H,3,12H2,(H5,13,14,15,16). The Bertz CT molecular complexity index is 475. The zero-order valence-electron chi connectivity index (χ0n) is 8.71. The summed E-state index contributed by atoms with van der Waals surface area (Å²) in [6, 6.07) is 2.94. The lowest BCUT2D eigenvalue weighted by Gasteiger charge is -2.09. The average molecular weight is 276 g/mol. The van der Waals surface area contributed by atoms with Crippen LogP contribution in [0.15, 0.2) is 17.1 Å². The van der Waals surface area contributed by atoms with Gasteiger partial charge in [-0.3, -0.25) is 11.1 Å². The molecule has 17 heavy (non-hydrogen) atoms. The third-order valence-electron chi connectivity index (χ3n) is 1.78. The summed E-state index contributed by atoms with van der Waals surface area (Å²) in [6.45, 7) is -0.0372. The summed E-state index contributed by atoms with van der Waals surface area (Å²) in [5.41, 5.74) is 16.3. The van der Waals surface area contributed by atoms with Crippen LogP contribution in [-0.4, -0.2) is 18.5 Å². The lowest BCUT2D eigenvalue weighted by atomic mass is 10.2. The number of halogens is 2. The maximum absolute atomic E-state index is 7.01. The first-order valence-electron chi connectivity index (χ1n) is 4.46. The molecule has 1 rings (SSSR count). The minimum Gasteiger partial charge on any atom is -0.477 e. The molecule has 1 aromatic carbocycles. The van der Waals surface area contributed by atoms with Crippen molar-refractivity contribution in [2.24, 2.45) is 22.2 Å². The van der Waals surface area contributed by atoms with Crippen LogP contribution in [0.3, 0.4) is 0 Å². The number of rotatable bonds is 3. The fraction of sp³-hybridized carbons (Fsp3) is 0.111. The van der Waals surface area contributed by atoms with Gasteiger partial charge in [-0.05, 0) is 12.1 Å². The van der Waals surface area contributed by atoms with Crippen LogP contribution < -0.4 is 21.9 Å². The van der Waals surface area contributed by atoms with Crippen molar-refractivity contribution in [3.05, 3.63) is 27.7 Å². The lowest BCUT2D eigenvalue weighted by Crippen LogP contribution is -2.19. The molecule has 0 aliphatic carbocycles. The Morgan fingerprint density at radius 2 is 1.94 bits per heavy atom. The largest absolute Gasteiger partial charge is 0.477 e. The monoisotopic (exact) mass is 275 g/mol. The quantitative estimate of drug-likeness (QED) is 0.371. The average Bonchev–Trinajstić information content (AvgIpc) is 2.21. The van der Waals surface area contributed by atoms with Gasteiger partial charge in [-0.25, -0.2) is 0 Å². The van der Waals surface area contributed by atoms with E-state index in [1.165, 1.54) is 12.1 Å². The van der Waals surface area contributed by atoms with E-state index in [-0.39, 0.29) is 17.6 Å². The first kappa shape index (κ1) is 13.6. The number of ether oxygens (including phenoxy) is 1. The number of hydrogen-bond donors (Lipinski definition) is 4. The summed E-state index contributed by atoms with van der Waals surface area (Å²) in [7, 11) is 0. The highest BCUT2D eigenvalue weighted by Gasteiger charge is 2.11. The van der Waals surface area contributed by atoms with Gasteiger partial charge in [-0.1, -0.05) is 23.2 Å². The molecule has 0 bridgehead atoms. The molecule has 0 aliphatic rings. The molecule has 0 spiro atoms. The fourth-order valence-corrected chi connectivity index (χ4v) is 1.65. The van der Waals surface area contributed by atoms with E-state index in [1.807, 2.05) is 0 Å². The van der Waals surface area contributed by atoms with Crippen LogP contribution in [0.5, 0.6) is 5.75 Å². The summed E-state index contributed by atoms with van der Waals surface area (Å²) in [4.78, 5) is 3.58. The highest BCUT2D eigenvalue weighted by molar-refractivity contribution is 6.37. The van der Waals surface area contributed by atoms with Crippen LogP contribution in [0.25, 0.3) is 0 Å². The molecule has 7 N–H and O–H groups in total. The lowest BCUT2D eigenvalue weighted by molar-refractivity contribution is 0.330. The van der Waals surface area contributed by atoms with Crippen molar-refractivity contribution in [2.45, 2.75) is 0 Å². The van der Waals surface area contributed by atoms with Gasteiger partial charge in [0.25, 0.3) is 0 Å². The second-order valence-electron chi connectivity index (χ2n) is 2.96. The molecule has 6 nitrogen and oxygen atoms in total. The molecule has 0 radical (unpaired) electrons. The van der Waals surface area contributed by atoms with Gasteiger partial charge in [0.05, 0.1) is 10.0 Å². The summed E-state index contributed by atoms with van der Waals surface area (Å²) in [6.07, 6.45) is 0. The number of hydrogen-bond acceptors (Lipinski definition) is 3. The van der Waals surface area contributed by atoms with Gasteiger partial charge in [0.1, 0.15) is 18.3 Å². The van der Waals surface area contributed by atoms with Gasteiger partial charge in [-0.2, -0.15) is 4.99 Å². The molecule has 0 saturated carbocycles. The van der Waals surface area contributed by atoms with E-state index in [9.17, 15) is 0 Å². The highest BCUT2D eigenvalue weighted by atomic mass is 35.5. The molecule has 0 amide bonds. The topological polar surface area (TPSA) is 124 Å². The number of amidine groups is 1. The van der Waals surface area contributed by atoms with Crippen molar-refractivity contribution in [1.29, 1.82) is 5.41 Å². The van der Waals surface area contributed by atoms with Crippen molar-refractivity contribution in [3.8, 4) is 5.75 Å². The van der Waals surface area contributed by atoms with Crippen molar-refractivity contribution < 1.29 is 4.74 Å². The number of nitrogens with zero attached hydrogens (tertiary/aromatic N) is 1. The molecule has 0 aromatic heterocycles. The number of benzene rings is 1. The number of nitrogens with two attached hydrogens (primary N) is 3. The van der Waals surface area contributed by atoms with Gasteiger partial charge in [0.15, 0.2) is 0 Å². The Balaban J connectivity index is 3.24. The zero-order chi connectivity index (χ0) is 13.0. The predicted octanol–water partition coefficient (Wildman–Crippen LogP) is 0.887. The number of aliphatic imine (C=N–C) groups is 1. The van der Waals surface area contributed by atoms with Crippen LogP contribution >= 0.6 is 23.2 Å². The molecular weight excluding hydrogens is 265 g/mol. The van der Waals surface area contributed by atoms with Gasteiger partial charge < -0.3 is 16.2 Å². The third kappa shape index (κ3) is 3.48. The molecule has 0 atom stereocenters. The minimum atomic E-state index is -0.421. The second kappa shape index (κ2) is 5.72. The molecule has 92 valence electrons. The molecule has 0 heterocycles. The van der Waals surface area contributed by atoms with Crippen molar-refractivity contribution in [2.75, 3.05) is 6.73 Å². The first-order valence-corrected chi connectivity index (χ1v) is 5.21. The zero-order valence-corrected chi connectivity index (χ0v) is 10.2. The Morgan fingerprint density at radius 3 is 2.47 bits per heavy atom. The SMILES string of the molecule is N=C(N)/N=C(\N)c1cc(OCN)c(Cl)cc1Cl. The molecule has 0 fully saturated rings. The molecule has 8 heteroatoms. The number of nitrogens with one attached hydrogen (secondary N) is 1. The molecule has 0 saturated heterocycles. The minimum absolute atomic E-state index is 0.000961. The normalized spacial score (nSPS) is 11.4. The fourth-order valence-electron chi connectivity index (χ4n) is 1.12. The second-order valence-corrected chi connectivity index (χ2v) is 3.77. The van der Waals surface area contributed by atoms with Crippen LogP contribution in [0.2, 0.25) is 10.0 Å². The molecule has 0 aliphatic heterocycles. The Morgan fingerprint density at radius 1 is 1.29 bits per heavy atom. The summed E-state index contributed by atoms with van der Waals surface area (Å²) >= 11 is 11.8. The Hall–Kier alpha value is -1.50. The van der Waals surface area contributed by atoms with Crippen molar-refractivity contribution >= 4 is 35.0 Å². The van der Waals surface area contributed by atoms with Gasteiger partial charge >= 0.3 is 0 Å². The number of guanidine groups is 1. The summed E-state index contributed by atoms with van der Waals surface area (Å²) in [5, 5.41) is 7.60. The van der Waals surface area contributed by atoms with Gasteiger partial charge in [0.2, 0.25) is 5.96 Å². The maximum atomic E-state index is 7.01. The van der Waals surface area contributed by atoms with E-state index in [2.05, 4.69) is 4.99 Å². The highest BCUT2D eigenvalue weighted by Crippen LogP contribution is 2.30. The summed E-state index contributed by atoms with van der Waals surface area (Å²) in [5.74, 6) is -0.0916. The van der Waals surface area contributed by atoms with Crippen molar-refractivity contribution in [3.63, 3.8) is 0 Å². The van der Waals surface area contributed by atoms with E-state index in [1.54, 1.807) is 0 Å². The summed E-state index contributed by atoms with van der Waals surface area (Å²) < 4.78 is 5.08. The molecular formula is C9H11Cl2N5O. The van der Waals surface area contributed by atoms with E-state index in [4.69, 9.17) is 50.5 Å². The Labute approximate surface area is 108 Å². The van der Waals surface area contributed by atoms with E-state index < -0.39 is 5.96 Å². The van der Waals surface area contributed by atoms with Gasteiger partial charge in [-0.15, -0.1) is 0 Å². The van der Waals surface area contributed by atoms with E-state index in [0.717, 1.165) is 0 Å². The third-order valence-corrected chi connectivity index (χ3v) is 2.39. The van der Waals surface area contributed by atoms with Crippen LogP contribution in [-0.2, 0) is 0 Å². The smallest absolute Gasteiger partial charge is 0.214 e. The van der Waals surface area contributed by atoms with Crippen LogP contribution in [0, 0.1) is 5.41 Å². The molecule has 0 unspecified atom stereocenters.